The molecule has 7 nitrogen and oxygen atoms in total. The lowest BCUT2D eigenvalue weighted by Crippen LogP contribution is -2.47. The van der Waals surface area contributed by atoms with Crippen molar-refractivity contribution in [2.45, 2.75) is 38.5 Å². The highest BCUT2D eigenvalue weighted by Crippen LogP contribution is 2.32. The van der Waals surface area contributed by atoms with Crippen molar-refractivity contribution in [3.63, 3.8) is 0 Å². The minimum atomic E-state index is -0.917. The van der Waals surface area contributed by atoms with Crippen LogP contribution in [0.2, 0.25) is 0 Å². The van der Waals surface area contributed by atoms with Crippen LogP contribution in [0.4, 0.5) is 0 Å². The van der Waals surface area contributed by atoms with Gasteiger partial charge in [0.15, 0.2) is 4.32 Å². The summed E-state index contributed by atoms with van der Waals surface area (Å²) >= 11 is 6.41. The van der Waals surface area contributed by atoms with Gasteiger partial charge in [0, 0.05) is 5.92 Å². The van der Waals surface area contributed by atoms with Gasteiger partial charge >= 0.3 is 5.97 Å². The summed E-state index contributed by atoms with van der Waals surface area (Å²) in [5.41, 5.74) is 3.45. The van der Waals surface area contributed by atoms with Crippen LogP contribution in [-0.2, 0) is 14.4 Å². The molecule has 0 unspecified atom stereocenters. The second kappa shape index (κ2) is 9.89. The Morgan fingerprint density at radius 2 is 1.93 bits per heavy atom. The van der Waals surface area contributed by atoms with Crippen LogP contribution in [0.1, 0.15) is 44.1 Å². The zero-order valence-corrected chi connectivity index (χ0v) is 17.4. The predicted octanol–water partition coefficient (Wildman–Crippen LogP) is 3.35. The highest BCUT2D eigenvalue weighted by atomic mass is 32.2. The topological polar surface area (TPSA) is 95.9 Å². The van der Waals surface area contributed by atoms with Gasteiger partial charge in [0.05, 0.1) is 17.9 Å². The molecule has 1 aliphatic heterocycles. The van der Waals surface area contributed by atoms with Gasteiger partial charge in [-0.1, -0.05) is 43.2 Å². The number of rotatable bonds is 7. The van der Waals surface area contributed by atoms with Crippen LogP contribution >= 0.6 is 24.0 Å². The lowest BCUT2D eigenvalue weighted by Gasteiger charge is -2.23. The van der Waals surface area contributed by atoms with E-state index >= 15 is 0 Å². The molecule has 0 atom stereocenters. The van der Waals surface area contributed by atoms with E-state index in [4.69, 9.17) is 22.1 Å². The molecular weight excluding hydrogens is 412 g/mol. The smallest absolute Gasteiger partial charge is 0.306 e. The summed E-state index contributed by atoms with van der Waals surface area (Å²) in [6, 6.07) is 6.95. The zero-order chi connectivity index (χ0) is 20.8. The van der Waals surface area contributed by atoms with Gasteiger partial charge in [-0.3, -0.25) is 19.8 Å². The number of nitrogens with zero attached hydrogens (tertiary/aromatic N) is 1. The van der Waals surface area contributed by atoms with Gasteiger partial charge in [0.1, 0.15) is 5.75 Å². The van der Waals surface area contributed by atoms with E-state index in [1.54, 1.807) is 30.3 Å². The Labute approximate surface area is 178 Å². The van der Waals surface area contributed by atoms with Gasteiger partial charge in [-0.15, -0.1) is 0 Å². The van der Waals surface area contributed by atoms with Crippen LogP contribution in [0.5, 0.6) is 5.75 Å². The summed E-state index contributed by atoms with van der Waals surface area (Å²) in [5, 5.41) is 9.79. The minimum Gasteiger partial charge on any atom is -0.493 e. The SMILES string of the molecule is O=C(O)CCOc1ccc(/C=C2/SC(=S)N(NC(=O)C3CCCCC3)C2=O)cc1. The number of ether oxygens (including phenoxy) is 1. The number of hydrogen-bond acceptors (Lipinski definition) is 6. The Morgan fingerprint density at radius 3 is 2.59 bits per heavy atom. The number of hydrazine groups is 1. The van der Waals surface area contributed by atoms with Crippen molar-refractivity contribution in [1.29, 1.82) is 0 Å². The molecule has 2 amide bonds. The number of benzene rings is 1. The van der Waals surface area contributed by atoms with Gasteiger partial charge < -0.3 is 9.84 Å². The summed E-state index contributed by atoms with van der Waals surface area (Å²) in [5.74, 6) is -0.919. The Morgan fingerprint density at radius 1 is 1.24 bits per heavy atom. The Balaban J connectivity index is 1.60. The van der Waals surface area contributed by atoms with Gasteiger partial charge in [-0.05, 0) is 48.8 Å². The third kappa shape index (κ3) is 5.80. The van der Waals surface area contributed by atoms with E-state index in [2.05, 4.69) is 5.43 Å². The average molecular weight is 435 g/mol. The fourth-order valence-corrected chi connectivity index (χ4v) is 4.38. The number of aliphatic carboxylic acids is 1. The van der Waals surface area contributed by atoms with Gasteiger partial charge in [-0.2, -0.15) is 5.01 Å². The van der Waals surface area contributed by atoms with Crippen molar-refractivity contribution in [3.05, 3.63) is 34.7 Å². The van der Waals surface area contributed by atoms with Crippen molar-refractivity contribution in [2.75, 3.05) is 6.61 Å². The molecule has 3 rings (SSSR count). The van der Waals surface area contributed by atoms with E-state index in [9.17, 15) is 14.4 Å². The van der Waals surface area contributed by atoms with Crippen LogP contribution in [0, 0.1) is 5.92 Å². The number of thioether (sulfide) groups is 1. The first-order chi connectivity index (χ1) is 13.9. The Hall–Kier alpha value is -2.39. The second-order valence-electron chi connectivity index (χ2n) is 6.89. The van der Waals surface area contributed by atoms with E-state index in [0.29, 0.717) is 15.0 Å². The molecule has 2 aliphatic rings. The van der Waals surface area contributed by atoms with Gasteiger partial charge in [0.2, 0.25) is 5.91 Å². The molecule has 1 aliphatic carbocycles. The van der Waals surface area contributed by atoms with Crippen LogP contribution in [0.15, 0.2) is 29.2 Å². The molecule has 1 saturated heterocycles. The number of carbonyl (C=O) groups is 3. The number of carboxylic acids is 1. The van der Waals surface area contributed by atoms with E-state index in [1.807, 2.05) is 0 Å². The molecule has 2 N–H and O–H groups in total. The first kappa shape index (κ1) is 21.3. The maximum Gasteiger partial charge on any atom is 0.306 e. The van der Waals surface area contributed by atoms with Gasteiger partial charge in [0.25, 0.3) is 5.91 Å². The summed E-state index contributed by atoms with van der Waals surface area (Å²) in [6.07, 6.45) is 6.54. The van der Waals surface area contributed by atoms with Crippen LogP contribution < -0.4 is 10.2 Å². The molecular formula is C20H22N2O5S2. The number of carboxylic acid groups (broad SMARTS) is 1. The fourth-order valence-electron chi connectivity index (χ4n) is 3.20. The molecule has 0 spiro atoms. The molecule has 2 fully saturated rings. The molecule has 154 valence electrons. The van der Waals surface area contributed by atoms with Crippen molar-refractivity contribution < 1.29 is 24.2 Å². The summed E-state index contributed by atoms with van der Waals surface area (Å²) in [4.78, 5) is 36.0. The second-order valence-corrected chi connectivity index (χ2v) is 8.57. The molecule has 1 saturated carbocycles. The van der Waals surface area contributed by atoms with Crippen molar-refractivity contribution in [2.24, 2.45) is 5.92 Å². The fraction of sp³-hybridized carbons (Fsp3) is 0.400. The Bertz CT molecular complexity index is 832. The number of carbonyl (C=O) groups excluding carboxylic acids is 2. The van der Waals surface area contributed by atoms with E-state index in [0.717, 1.165) is 54.4 Å². The number of hydrogen-bond donors (Lipinski definition) is 2. The molecule has 1 aromatic rings. The number of thiocarbonyl (C=S) groups is 1. The third-order valence-corrected chi connectivity index (χ3v) is 6.06. The maximum absolute atomic E-state index is 12.7. The highest BCUT2D eigenvalue weighted by Gasteiger charge is 2.35. The van der Waals surface area contributed by atoms with Crippen LogP contribution in [0.25, 0.3) is 6.08 Å². The van der Waals surface area contributed by atoms with E-state index in [-0.39, 0.29) is 30.8 Å². The third-order valence-electron chi connectivity index (χ3n) is 4.75. The molecule has 0 aromatic heterocycles. The van der Waals surface area contributed by atoms with Crippen molar-refractivity contribution >= 4 is 52.2 Å². The normalized spacial score (nSPS) is 18.9. The maximum atomic E-state index is 12.7. The van der Waals surface area contributed by atoms with Crippen LogP contribution in [0.3, 0.4) is 0 Å². The predicted molar refractivity (Wildman–Crippen MR) is 114 cm³/mol. The van der Waals surface area contributed by atoms with Crippen LogP contribution in [-0.4, -0.2) is 38.8 Å². The minimum absolute atomic E-state index is 0.0638. The average Bonchev–Trinajstić information content (AvgIpc) is 2.97. The molecule has 9 heteroatoms. The van der Waals surface area contributed by atoms with Gasteiger partial charge in [-0.25, -0.2) is 0 Å². The lowest BCUT2D eigenvalue weighted by atomic mass is 9.89. The number of nitrogens with one attached hydrogen (secondary N) is 1. The molecule has 29 heavy (non-hydrogen) atoms. The standard InChI is InChI=1S/C20H22N2O5S2/c23-17(24)10-11-27-15-8-6-13(7-9-15)12-16-19(26)22(20(28)29-16)21-18(25)14-4-2-1-3-5-14/h6-9,12,14H,1-5,10-11H2,(H,21,25)(H,23,24)/b16-12+. The van der Waals surface area contributed by atoms with E-state index in [1.165, 1.54) is 0 Å². The quantitative estimate of drug-likeness (QED) is 0.502. The Kier molecular flexibility index (Phi) is 7.27. The van der Waals surface area contributed by atoms with E-state index < -0.39 is 5.97 Å². The monoisotopic (exact) mass is 434 g/mol. The largest absolute Gasteiger partial charge is 0.493 e. The summed E-state index contributed by atoms with van der Waals surface area (Å²) in [7, 11) is 0. The summed E-state index contributed by atoms with van der Waals surface area (Å²) < 4.78 is 5.65. The highest BCUT2D eigenvalue weighted by molar-refractivity contribution is 8.26. The number of amides is 2. The molecule has 1 aromatic carbocycles. The zero-order valence-electron chi connectivity index (χ0n) is 15.8. The lowest BCUT2D eigenvalue weighted by molar-refractivity contribution is -0.137. The first-order valence-corrected chi connectivity index (χ1v) is 10.7. The molecule has 1 heterocycles. The summed E-state index contributed by atoms with van der Waals surface area (Å²) in [6.45, 7) is 0.0913. The molecule has 0 radical (unpaired) electrons. The van der Waals surface area contributed by atoms with Crippen molar-refractivity contribution in [1.82, 2.24) is 10.4 Å². The first-order valence-electron chi connectivity index (χ1n) is 9.47. The molecule has 0 bridgehead atoms. The van der Waals surface area contributed by atoms with Crippen molar-refractivity contribution in [3.8, 4) is 5.75 Å².